The molecule has 9 heteroatoms. The van der Waals surface area contributed by atoms with Crippen molar-refractivity contribution in [1.82, 2.24) is 0 Å². The molecule has 4 fully saturated rings. The second-order valence-corrected chi connectivity index (χ2v) is 9.38. The van der Waals surface area contributed by atoms with Crippen LogP contribution in [-0.4, -0.2) is 79.7 Å². The van der Waals surface area contributed by atoms with Crippen LogP contribution in [0.5, 0.6) is 0 Å². The van der Waals surface area contributed by atoms with Crippen LogP contribution in [0.1, 0.15) is 20.3 Å². The molecular weight excluding hydrogens is 384 g/mol. The SMILES string of the molecule is C=C1C(O)[C@]2(O)OC[C@@]34C(CC5C(C)=CC(=O)C(O)C5(C)C23)OC(=O)C(O)[C@@]14O. The minimum Gasteiger partial charge on any atom is -0.460 e. The molecule has 0 radical (unpaired) electrons. The molecule has 10 atom stereocenters. The largest absolute Gasteiger partial charge is 0.460 e. The number of hydrogen-bond donors (Lipinski definition) is 5. The third kappa shape index (κ3) is 1.69. The van der Waals surface area contributed by atoms with Crippen LogP contribution in [-0.2, 0) is 19.1 Å². The Labute approximate surface area is 166 Å². The molecule has 2 heterocycles. The summed E-state index contributed by atoms with van der Waals surface area (Å²) < 4.78 is 11.1. The first-order valence-corrected chi connectivity index (χ1v) is 9.63. The number of fused-ring (bicyclic) bond motifs is 1. The van der Waals surface area contributed by atoms with Crippen molar-refractivity contribution in [3.63, 3.8) is 0 Å². The molecule has 29 heavy (non-hydrogen) atoms. The third-order valence-electron chi connectivity index (χ3n) is 8.44. The molecule has 0 aromatic carbocycles. The van der Waals surface area contributed by atoms with E-state index in [4.69, 9.17) is 9.47 Å². The van der Waals surface area contributed by atoms with Crippen molar-refractivity contribution in [2.75, 3.05) is 6.61 Å². The predicted octanol–water partition coefficient (Wildman–Crippen LogP) is -1.83. The van der Waals surface area contributed by atoms with Crippen molar-refractivity contribution in [1.29, 1.82) is 0 Å². The Morgan fingerprint density at radius 1 is 1.14 bits per heavy atom. The summed E-state index contributed by atoms with van der Waals surface area (Å²) in [5.74, 6) is -5.66. The van der Waals surface area contributed by atoms with Crippen molar-refractivity contribution < 1.29 is 44.6 Å². The quantitative estimate of drug-likeness (QED) is 0.230. The van der Waals surface area contributed by atoms with E-state index in [1.54, 1.807) is 13.8 Å². The van der Waals surface area contributed by atoms with Gasteiger partial charge in [0.25, 0.3) is 0 Å². The summed E-state index contributed by atoms with van der Waals surface area (Å²) in [6.45, 7) is 6.62. The highest BCUT2D eigenvalue weighted by molar-refractivity contribution is 5.96. The van der Waals surface area contributed by atoms with E-state index in [-0.39, 0.29) is 18.6 Å². The molecule has 2 bridgehead atoms. The highest BCUT2D eigenvalue weighted by Gasteiger charge is 2.87. The molecule has 5 N–H and O–H groups in total. The van der Waals surface area contributed by atoms with Crippen molar-refractivity contribution in [2.24, 2.45) is 22.7 Å². The lowest BCUT2D eigenvalue weighted by molar-refractivity contribution is -0.337. The van der Waals surface area contributed by atoms with Gasteiger partial charge in [-0.2, -0.15) is 0 Å². The molecule has 7 unspecified atom stereocenters. The van der Waals surface area contributed by atoms with E-state index < -0.39 is 70.2 Å². The minimum atomic E-state index is -2.37. The van der Waals surface area contributed by atoms with Gasteiger partial charge in [0.2, 0.25) is 5.79 Å². The fourth-order valence-electron chi connectivity index (χ4n) is 7.19. The van der Waals surface area contributed by atoms with Gasteiger partial charge in [-0.25, -0.2) is 4.79 Å². The zero-order valence-electron chi connectivity index (χ0n) is 16.0. The summed E-state index contributed by atoms with van der Waals surface area (Å²) in [6, 6.07) is 0. The summed E-state index contributed by atoms with van der Waals surface area (Å²) >= 11 is 0. The number of ether oxygens (including phenoxy) is 2. The Morgan fingerprint density at radius 2 is 1.79 bits per heavy atom. The molecular formula is C20H24O9. The van der Waals surface area contributed by atoms with Crippen molar-refractivity contribution >= 4 is 11.8 Å². The average Bonchev–Trinajstić information content (AvgIpc) is 2.98. The number of aliphatic hydroxyl groups excluding tert-OH is 3. The van der Waals surface area contributed by atoms with Gasteiger partial charge in [-0.3, -0.25) is 4.79 Å². The molecule has 0 amide bonds. The summed E-state index contributed by atoms with van der Waals surface area (Å²) in [4.78, 5) is 25.0. The smallest absolute Gasteiger partial charge is 0.338 e. The maximum absolute atomic E-state index is 12.5. The predicted molar refractivity (Wildman–Crippen MR) is 93.8 cm³/mol. The molecule has 2 saturated heterocycles. The highest BCUT2D eigenvalue weighted by atomic mass is 16.7. The van der Waals surface area contributed by atoms with E-state index in [1.807, 2.05) is 0 Å². The normalized spacial score (nSPS) is 58.3. The number of ketones is 1. The maximum Gasteiger partial charge on any atom is 0.338 e. The summed E-state index contributed by atoms with van der Waals surface area (Å²) in [5, 5.41) is 55.7. The number of carbonyl (C=O) groups is 2. The Bertz CT molecular complexity index is 896. The van der Waals surface area contributed by atoms with Crippen LogP contribution in [0.25, 0.3) is 0 Å². The Morgan fingerprint density at radius 3 is 2.45 bits per heavy atom. The van der Waals surface area contributed by atoms with Gasteiger partial charge < -0.3 is 35.0 Å². The second-order valence-electron chi connectivity index (χ2n) is 9.38. The Kier molecular flexibility index (Phi) is 3.44. The van der Waals surface area contributed by atoms with Gasteiger partial charge in [0.15, 0.2) is 11.9 Å². The number of esters is 1. The lowest BCUT2D eigenvalue weighted by Crippen LogP contribution is -2.82. The number of carbonyl (C=O) groups excluding carboxylic acids is 2. The van der Waals surface area contributed by atoms with E-state index in [2.05, 4.69) is 6.58 Å². The zero-order valence-corrected chi connectivity index (χ0v) is 16.0. The fourth-order valence-corrected chi connectivity index (χ4v) is 7.19. The van der Waals surface area contributed by atoms with E-state index in [9.17, 15) is 35.1 Å². The van der Waals surface area contributed by atoms with E-state index >= 15 is 0 Å². The molecule has 3 aliphatic carbocycles. The maximum atomic E-state index is 12.5. The lowest BCUT2D eigenvalue weighted by atomic mass is 9.37. The first-order valence-electron chi connectivity index (χ1n) is 9.63. The van der Waals surface area contributed by atoms with Crippen LogP contribution in [0.3, 0.4) is 0 Å². The van der Waals surface area contributed by atoms with Crippen LogP contribution in [0, 0.1) is 22.7 Å². The van der Waals surface area contributed by atoms with Gasteiger partial charge in [0, 0.05) is 11.3 Å². The molecule has 0 aromatic heterocycles. The summed E-state index contributed by atoms with van der Waals surface area (Å²) in [6.07, 6.45) is -5.01. The Hall–Kier alpha value is -1.62. The van der Waals surface area contributed by atoms with E-state index in [0.717, 1.165) is 0 Å². The molecule has 0 aromatic rings. The first-order chi connectivity index (χ1) is 13.4. The lowest BCUT2D eigenvalue weighted by Gasteiger charge is -2.69. The first kappa shape index (κ1) is 19.3. The van der Waals surface area contributed by atoms with Gasteiger partial charge in [-0.15, -0.1) is 0 Å². The number of allylic oxidation sites excluding steroid dienone is 1. The molecule has 5 aliphatic rings. The molecule has 9 nitrogen and oxygen atoms in total. The molecule has 158 valence electrons. The van der Waals surface area contributed by atoms with Crippen LogP contribution in [0.2, 0.25) is 0 Å². The Balaban J connectivity index is 1.85. The highest BCUT2D eigenvalue weighted by Crippen LogP contribution is 2.74. The average molecular weight is 408 g/mol. The molecule has 2 saturated carbocycles. The van der Waals surface area contributed by atoms with E-state index in [1.165, 1.54) is 6.08 Å². The molecule has 5 rings (SSSR count). The monoisotopic (exact) mass is 408 g/mol. The van der Waals surface area contributed by atoms with Crippen LogP contribution in [0.4, 0.5) is 0 Å². The summed E-state index contributed by atoms with van der Waals surface area (Å²) in [5.41, 5.74) is -5.06. The summed E-state index contributed by atoms with van der Waals surface area (Å²) in [7, 11) is 0. The van der Waals surface area contributed by atoms with Gasteiger partial charge in [-0.05, 0) is 30.9 Å². The van der Waals surface area contributed by atoms with Crippen molar-refractivity contribution in [3.05, 3.63) is 23.8 Å². The molecule has 2 aliphatic heterocycles. The van der Waals surface area contributed by atoms with Crippen molar-refractivity contribution in [2.45, 2.75) is 56.1 Å². The van der Waals surface area contributed by atoms with Crippen molar-refractivity contribution in [3.8, 4) is 0 Å². The van der Waals surface area contributed by atoms with Crippen LogP contribution >= 0.6 is 0 Å². The van der Waals surface area contributed by atoms with E-state index in [0.29, 0.717) is 5.57 Å². The van der Waals surface area contributed by atoms with Gasteiger partial charge >= 0.3 is 5.97 Å². The van der Waals surface area contributed by atoms with Gasteiger partial charge in [0.05, 0.1) is 12.0 Å². The number of aliphatic hydroxyl groups is 5. The third-order valence-corrected chi connectivity index (χ3v) is 8.44. The minimum absolute atomic E-state index is 0.142. The molecule has 1 spiro atoms. The van der Waals surface area contributed by atoms with Crippen LogP contribution in [0.15, 0.2) is 23.8 Å². The zero-order chi connectivity index (χ0) is 21.3. The standard InChI is InChI=1S/C20H24O9/c1-7-4-10(21)13(23)17(3)9(7)5-11-18-6-28-20(27,16(17)18)12(22)8(2)19(18,26)14(24)15(25)29-11/h4,9,11-14,16,22-24,26-27H,2,5-6H2,1,3H3/t9?,11?,12?,13?,14?,16?,17?,18-,19+,20+/m1/s1. The fraction of sp³-hybridized carbons (Fsp3) is 0.700. The topological polar surface area (TPSA) is 154 Å². The van der Waals surface area contributed by atoms with Crippen LogP contribution < -0.4 is 0 Å². The number of rotatable bonds is 0. The second kappa shape index (κ2) is 5.16. The van der Waals surface area contributed by atoms with Gasteiger partial charge in [0.1, 0.15) is 23.9 Å². The van der Waals surface area contributed by atoms with Gasteiger partial charge in [-0.1, -0.05) is 19.1 Å². The number of hydrogen-bond acceptors (Lipinski definition) is 9.